The highest BCUT2D eigenvalue weighted by atomic mass is 32.2. The summed E-state index contributed by atoms with van der Waals surface area (Å²) in [6.45, 7) is 0. The summed E-state index contributed by atoms with van der Waals surface area (Å²) in [7, 11) is -1.46. The minimum atomic E-state index is -4.38. The van der Waals surface area contributed by atoms with Gasteiger partial charge in [-0.1, -0.05) is 0 Å². The molecule has 30 heavy (non-hydrogen) atoms. The van der Waals surface area contributed by atoms with Crippen molar-refractivity contribution < 1.29 is 22.5 Å². The average Bonchev–Trinajstić information content (AvgIpc) is 3.07. The number of rotatable bonds is 6. The smallest absolute Gasteiger partial charge is 0.299 e. The fourth-order valence-electron chi connectivity index (χ4n) is 2.51. The summed E-state index contributed by atoms with van der Waals surface area (Å²) in [6.07, 6.45) is 0. The van der Waals surface area contributed by atoms with Crippen LogP contribution in [0.5, 0.6) is 5.75 Å². The Balaban J connectivity index is 2.04. The Morgan fingerprint density at radius 1 is 1.10 bits per heavy atom. The van der Waals surface area contributed by atoms with E-state index in [1.807, 2.05) is 0 Å². The van der Waals surface area contributed by atoms with E-state index in [1.54, 1.807) is 24.3 Å². The van der Waals surface area contributed by atoms with Crippen molar-refractivity contribution in [1.29, 1.82) is 0 Å². The minimum Gasteiger partial charge on any atom is -0.497 e. The predicted molar refractivity (Wildman–Crippen MR) is 107 cm³/mol. The molecule has 2 aromatic carbocycles. The second-order valence-electron chi connectivity index (χ2n) is 5.92. The molecule has 1 heterocycles. The number of carbonyl (C=O) groups is 1. The number of aromatic amines is 1. The molecule has 0 radical (unpaired) electrons. The van der Waals surface area contributed by atoms with E-state index in [1.165, 1.54) is 26.3 Å². The number of methoxy groups -OCH3 is 1. The number of hydrogen-bond acceptors (Lipinski definition) is 7. The summed E-state index contributed by atoms with van der Waals surface area (Å²) >= 11 is 0. The van der Waals surface area contributed by atoms with Crippen molar-refractivity contribution in [2.24, 2.45) is 10.2 Å². The lowest BCUT2D eigenvalue weighted by Crippen LogP contribution is -2.18. The van der Waals surface area contributed by atoms with E-state index in [2.05, 4.69) is 20.6 Å². The van der Waals surface area contributed by atoms with Crippen LogP contribution in [0.3, 0.4) is 0 Å². The zero-order valence-electron chi connectivity index (χ0n) is 15.9. The van der Waals surface area contributed by atoms with E-state index in [0.717, 1.165) is 16.8 Å². The van der Waals surface area contributed by atoms with Gasteiger partial charge in [0.25, 0.3) is 21.6 Å². The van der Waals surface area contributed by atoms with Crippen LogP contribution in [-0.2, 0) is 10.1 Å². The van der Waals surface area contributed by atoms with Gasteiger partial charge in [-0.15, -0.1) is 5.11 Å². The number of benzene rings is 2. The number of nitrogens with one attached hydrogen (secondary N) is 2. The number of azo groups is 1. The molecule has 0 aliphatic carbocycles. The normalized spacial score (nSPS) is 11.6. The van der Waals surface area contributed by atoms with Crippen LogP contribution < -0.4 is 15.6 Å². The van der Waals surface area contributed by atoms with E-state index < -0.39 is 21.6 Å². The van der Waals surface area contributed by atoms with Gasteiger partial charge in [0.05, 0.1) is 23.4 Å². The van der Waals surface area contributed by atoms with E-state index in [-0.39, 0.29) is 22.0 Å². The van der Waals surface area contributed by atoms with Gasteiger partial charge in [-0.3, -0.25) is 19.2 Å². The summed E-state index contributed by atoms with van der Waals surface area (Å²) in [6, 6.07) is 11.4. The standard InChI is InChI=1S/C18H17N5O6S/c1-19-17(24)15-16(21-20-11-3-7-13(29-2)8-4-11)18(25)23(22-15)12-5-9-14(10-6-12)30(26,27)28/h3-10,22H,1-2H3,(H,19,24)(H,26,27,28). The van der Waals surface area contributed by atoms with Crippen molar-refractivity contribution in [3.8, 4) is 11.4 Å². The second-order valence-corrected chi connectivity index (χ2v) is 7.34. The number of ether oxygens (including phenoxy) is 1. The Kier molecular flexibility index (Phi) is 5.80. The number of H-pyrrole nitrogens is 1. The van der Waals surface area contributed by atoms with Crippen molar-refractivity contribution in [3.63, 3.8) is 0 Å². The van der Waals surface area contributed by atoms with Gasteiger partial charge in [0.15, 0.2) is 11.4 Å². The lowest BCUT2D eigenvalue weighted by molar-refractivity contribution is 0.0958. The van der Waals surface area contributed by atoms with Crippen LogP contribution in [0, 0.1) is 0 Å². The van der Waals surface area contributed by atoms with E-state index in [9.17, 15) is 18.0 Å². The van der Waals surface area contributed by atoms with Crippen molar-refractivity contribution >= 4 is 27.4 Å². The number of carbonyl (C=O) groups excluding carboxylic acids is 1. The highest BCUT2D eigenvalue weighted by Crippen LogP contribution is 2.22. The Bertz CT molecular complexity index is 1260. The van der Waals surface area contributed by atoms with Gasteiger partial charge in [0, 0.05) is 7.05 Å². The molecule has 1 aromatic heterocycles. The van der Waals surface area contributed by atoms with Gasteiger partial charge in [-0.25, -0.2) is 4.68 Å². The Hall–Kier alpha value is -3.77. The minimum absolute atomic E-state index is 0.126. The SMILES string of the molecule is CNC(=O)c1[nH]n(-c2ccc(S(=O)(=O)O)cc2)c(=O)c1N=Nc1ccc(OC)cc1. The molecule has 3 rings (SSSR count). The van der Waals surface area contributed by atoms with Crippen LogP contribution in [0.2, 0.25) is 0 Å². The molecule has 0 atom stereocenters. The molecule has 156 valence electrons. The van der Waals surface area contributed by atoms with Crippen LogP contribution in [0.4, 0.5) is 11.4 Å². The molecule has 12 heteroatoms. The summed E-state index contributed by atoms with van der Waals surface area (Å²) in [5.74, 6) is 0.0291. The first-order chi connectivity index (χ1) is 14.2. The molecule has 0 saturated heterocycles. The molecule has 0 aliphatic heterocycles. The third-order valence-corrected chi connectivity index (χ3v) is 4.92. The van der Waals surface area contributed by atoms with Gasteiger partial charge >= 0.3 is 0 Å². The zero-order chi connectivity index (χ0) is 21.9. The molecule has 11 nitrogen and oxygen atoms in total. The van der Waals surface area contributed by atoms with Crippen molar-refractivity contribution in [2.75, 3.05) is 14.2 Å². The van der Waals surface area contributed by atoms with E-state index >= 15 is 0 Å². The number of hydrogen-bond donors (Lipinski definition) is 3. The quantitative estimate of drug-likeness (QED) is 0.401. The zero-order valence-corrected chi connectivity index (χ0v) is 16.7. The molecule has 0 aliphatic rings. The van der Waals surface area contributed by atoms with Crippen LogP contribution in [0.1, 0.15) is 10.5 Å². The van der Waals surface area contributed by atoms with Crippen molar-refractivity contribution in [3.05, 3.63) is 64.6 Å². The molecular formula is C18H17N5O6S. The first kappa shape index (κ1) is 21.0. The fourth-order valence-corrected chi connectivity index (χ4v) is 2.99. The third-order valence-electron chi connectivity index (χ3n) is 4.05. The lowest BCUT2D eigenvalue weighted by atomic mass is 10.3. The average molecular weight is 431 g/mol. The first-order valence-corrected chi connectivity index (χ1v) is 9.89. The molecule has 0 saturated carbocycles. The molecule has 0 unspecified atom stereocenters. The maximum atomic E-state index is 12.8. The lowest BCUT2D eigenvalue weighted by Gasteiger charge is -2.02. The summed E-state index contributed by atoms with van der Waals surface area (Å²) < 4.78 is 37.5. The summed E-state index contributed by atoms with van der Waals surface area (Å²) in [5, 5.41) is 13.0. The van der Waals surface area contributed by atoms with Gasteiger partial charge < -0.3 is 10.1 Å². The van der Waals surface area contributed by atoms with Gasteiger partial charge in [-0.05, 0) is 48.5 Å². The predicted octanol–water partition coefficient (Wildman–Crippen LogP) is 2.20. The number of amides is 1. The van der Waals surface area contributed by atoms with Crippen LogP contribution >= 0.6 is 0 Å². The van der Waals surface area contributed by atoms with Crippen LogP contribution in [0.25, 0.3) is 5.69 Å². The van der Waals surface area contributed by atoms with E-state index in [4.69, 9.17) is 9.29 Å². The fraction of sp³-hybridized carbons (Fsp3) is 0.111. The maximum absolute atomic E-state index is 12.8. The largest absolute Gasteiger partial charge is 0.497 e. The first-order valence-electron chi connectivity index (χ1n) is 8.45. The second kappa shape index (κ2) is 8.31. The Morgan fingerprint density at radius 3 is 2.27 bits per heavy atom. The molecule has 3 N–H and O–H groups in total. The Morgan fingerprint density at radius 2 is 1.73 bits per heavy atom. The molecule has 0 bridgehead atoms. The van der Waals surface area contributed by atoms with E-state index in [0.29, 0.717) is 11.4 Å². The number of nitrogens with zero attached hydrogens (tertiary/aromatic N) is 3. The molecule has 1 amide bonds. The molecule has 0 spiro atoms. The third kappa shape index (κ3) is 4.29. The summed E-state index contributed by atoms with van der Waals surface area (Å²) in [4.78, 5) is 24.7. The van der Waals surface area contributed by atoms with Crippen molar-refractivity contribution in [2.45, 2.75) is 4.90 Å². The highest BCUT2D eigenvalue weighted by Gasteiger charge is 2.21. The Labute approximate surface area is 170 Å². The number of aromatic nitrogens is 2. The van der Waals surface area contributed by atoms with Gasteiger partial charge in [0.2, 0.25) is 0 Å². The van der Waals surface area contributed by atoms with Crippen LogP contribution in [0.15, 0.2) is 68.4 Å². The van der Waals surface area contributed by atoms with Gasteiger partial charge in [-0.2, -0.15) is 13.5 Å². The van der Waals surface area contributed by atoms with Crippen LogP contribution in [-0.4, -0.2) is 42.8 Å². The van der Waals surface area contributed by atoms with Crippen molar-refractivity contribution in [1.82, 2.24) is 15.1 Å². The molecular weight excluding hydrogens is 414 g/mol. The summed E-state index contributed by atoms with van der Waals surface area (Å²) in [5.41, 5.74) is -0.375. The van der Waals surface area contributed by atoms with Gasteiger partial charge in [0.1, 0.15) is 5.75 Å². The molecule has 0 fully saturated rings. The maximum Gasteiger partial charge on any atom is 0.299 e. The highest BCUT2D eigenvalue weighted by molar-refractivity contribution is 7.85. The monoisotopic (exact) mass is 431 g/mol. The topological polar surface area (TPSA) is 155 Å². The molecule has 3 aromatic rings.